The summed E-state index contributed by atoms with van der Waals surface area (Å²) in [7, 11) is 0. The summed E-state index contributed by atoms with van der Waals surface area (Å²) in [4.78, 5) is 16.4. The van der Waals surface area contributed by atoms with Gasteiger partial charge in [0.2, 0.25) is 5.91 Å². The number of carbonyl (C=O) groups excluding carboxylic acids is 1. The molecule has 5 nitrogen and oxygen atoms in total. The zero-order valence-electron chi connectivity index (χ0n) is 12.3. The first kappa shape index (κ1) is 14.1. The fourth-order valence-corrected chi connectivity index (χ4v) is 2.74. The highest BCUT2D eigenvalue weighted by Crippen LogP contribution is 2.20. The number of oxazole rings is 1. The molecule has 112 valence electrons. The van der Waals surface area contributed by atoms with Crippen molar-refractivity contribution < 1.29 is 9.21 Å². The fraction of sp³-hybridized carbons (Fsp3) is 0.500. The van der Waals surface area contributed by atoms with Crippen molar-refractivity contribution in [1.29, 1.82) is 0 Å². The Balaban J connectivity index is 1.59. The summed E-state index contributed by atoms with van der Waals surface area (Å²) < 4.78 is 5.56. The van der Waals surface area contributed by atoms with Crippen LogP contribution in [0.15, 0.2) is 22.6 Å². The van der Waals surface area contributed by atoms with Crippen LogP contribution < -0.4 is 10.6 Å². The number of carbonyl (C=O) groups is 1. The summed E-state index contributed by atoms with van der Waals surface area (Å²) in [5.74, 6) is 0.781. The first-order valence-electron chi connectivity index (χ1n) is 7.67. The van der Waals surface area contributed by atoms with Crippen LogP contribution in [-0.4, -0.2) is 23.5 Å². The van der Waals surface area contributed by atoms with Gasteiger partial charge in [0.25, 0.3) is 0 Å². The smallest absolute Gasteiger partial charge is 0.224 e. The molecule has 1 aliphatic heterocycles. The molecule has 2 aromatic rings. The lowest BCUT2D eigenvalue weighted by atomic mass is 10.1. The molecule has 0 radical (unpaired) electrons. The summed E-state index contributed by atoms with van der Waals surface area (Å²) in [6.07, 6.45) is 4.62. The lowest BCUT2D eigenvalue weighted by molar-refractivity contribution is -0.116. The lowest BCUT2D eigenvalue weighted by Crippen LogP contribution is -2.23. The van der Waals surface area contributed by atoms with Gasteiger partial charge in [0.15, 0.2) is 11.5 Å². The minimum Gasteiger partial charge on any atom is -0.441 e. The average Bonchev–Trinajstić information content (AvgIpc) is 3.13. The van der Waals surface area contributed by atoms with Gasteiger partial charge in [0.1, 0.15) is 5.52 Å². The third-order valence-corrected chi connectivity index (χ3v) is 3.90. The maximum atomic E-state index is 12.0. The van der Waals surface area contributed by atoms with Crippen LogP contribution in [0.2, 0.25) is 0 Å². The van der Waals surface area contributed by atoms with Gasteiger partial charge in [-0.2, -0.15) is 0 Å². The number of anilines is 1. The first-order valence-corrected chi connectivity index (χ1v) is 7.67. The second kappa shape index (κ2) is 6.26. The van der Waals surface area contributed by atoms with Gasteiger partial charge < -0.3 is 15.1 Å². The van der Waals surface area contributed by atoms with Crippen molar-refractivity contribution in [2.24, 2.45) is 0 Å². The minimum atomic E-state index is 0.0576. The molecule has 0 aliphatic carbocycles. The van der Waals surface area contributed by atoms with Crippen molar-refractivity contribution in [2.75, 3.05) is 11.9 Å². The number of hydrogen-bond acceptors (Lipinski definition) is 4. The van der Waals surface area contributed by atoms with Gasteiger partial charge in [0.05, 0.1) is 0 Å². The molecule has 3 rings (SSSR count). The monoisotopic (exact) mass is 287 g/mol. The highest BCUT2D eigenvalue weighted by molar-refractivity contribution is 5.92. The Morgan fingerprint density at radius 2 is 2.43 bits per heavy atom. The van der Waals surface area contributed by atoms with Gasteiger partial charge >= 0.3 is 0 Å². The van der Waals surface area contributed by atoms with Crippen molar-refractivity contribution in [3.63, 3.8) is 0 Å². The molecule has 2 heterocycles. The fourth-order valence-electron chi connectivity index (χ4n) is 2.74. The predicted molar refractivity (Wildman–Crippen MR) is 82.3 cm³/mol. The van der Waals surface area contributed by atoms with Crippen molar-refractivity contribution in [1.82, 2.24) is 10.3 Å². The summed E-state index contributed by atoms with van der Waals surface area (Å²) in [5.41, 5.74) is 2.34. The molecule has 0 bridgehead atoms. The third kappa shape index (κ3) is 3.42. The maximum Gasteiger partial charge on any atom is 0.224 e. The molecule has 1 atom stereocenters. The van der Waals surface area contributed by atoms with Gasteiger partial charge in [0, 0.05) is 24.6 Å². The van der Waals surface area contributed by atoms with E-state index in [0.717, 1.165) is 42.1 Å². The number of nitrogens with one attached hydrogen (secondary N) is 2. The van der Waals surface area contributed by atoms with Gasteiger partial charge in [-0.05, 0) is 44.0 Å². The zero-order valence-corrected chi connectivity index (χ0v) is 12.3. The number of amides is 1. The quantitative estimate of drug-likeness (QED) is 0.887. The Bertz CT molecular complexity index is 629. The normalized spacial score (nSPS) is 18.2. The number of fused-ring (bicyclic) bond motifs is 1. The summed E-state index contributed by atoms with van der Waals surface area (Å²) >= 11 is 0. The predicted octanol–water partition coefficient (Wildman–Crippen LogP) is 2.86. The number of aryl methyl sites for hydroxylation is 1. The average molecular weight is 287 g/mol. The van der Waals surface area contributed by atoms with Gasteiger partial charge in [-0.3, -0.25) is 4.79 Å². The molecule has 1 aliphatic rings. The number of aromatic nitrogens is 1. The molecule has 0 saturated carbocycles. The van der Waals surface area contributed by atoms with Crippen LogP contribution >= 0.6 is 0 Å². The van der Waals surface area contributed by atoms with Crippen molar-refractivity contribution >= 4 is 22.7 Å². The first-order chi connectivity index (χ1) is 10.2. The summed E-state index contributed by atoms with van der Waals surface area (Å²) in [6, 6.07) is 6.08. The van der Waals surface area contributed by atoms with E-state index in [1.807, 2.05) is 25.1 Å². The van der Waals surface area contributed by atoms with Gasteiger partial charge in [-0.25, -0.2) is 4.98 Å². The van der Waals surface area contributed by atoms with Crippen molar-refractivity contribution in [3.05, 3.63) is 24.1 Å². The van der Waals surface area contributed by atoms with Gasteiger partial charge in [-0.15, -0.1) is 0 Å². The number of benzene rings is 1. The SMILES string of the molecule is CCc1nc2cc(NC(=O)CCC3CCCN3)ccc2o1. The van der Waals surface area contributed by atoms with E-state index in [1.165, 1.54) is 12.8 Å². The van der Waals surface area contributed by atoms with Crippen LogP contribution in [0.5, 0.6) is 0 Å². The molecule has 21 heavy (non-hydrogen) atoms. The minimum absolute atomic E-state index is 0.0576. The second-order valence-corrected chi connectivity index (χ2v) is 5.52. The van der Waals surface area contributed by atoms with Gasteiger partial charge in [-0.1, -0.05) is 6.92 Å². The van der Waals surface area contributed by atoms with Crippen LogP contribution in [0.4, 0.5) is 5.69 Å². The van der Waals surface area contributed by atoms with Crippen LogP contribution in [0, 0.1) is 0 Å². The Labute approximate surface area is 124 Å². The molecule has 0 spiro atoms. The Hall–Kier alpha value is -1.88. The van der Waals surface area contributed by atoms with E-state index in [1.54, 1.807) is 0 Å². The largest absolute Gasteiger partial charge is 0.441 e. The topological polar surface area (TPSA) is 67.2 Å². The molecule has 1 unspecified atom stereocenters. The molecule has 2 N–H and O–H groups in total. The Morgan fingerprint density at radius 3 is 3.19 bits per heavy atom. The molecule has 1 saturated heterocycles. The van der Waals surface area contributed by atoms with E-state index < -0.39 is 0 Å². The number of hydrogen-bond donors (Lipinski definition) is 2. The molecule has 1 aromatic carbocycles. The lowest BCUT2D eigenvalue weighted by Gasteiger charge is -2.09. The molecular weight excluding hydrogens is 266 g/mol. The summed E-state index contributed by atoms with van der Waals surface area (Å²) in [5, 5.41) is 6.34. The third-order valence-electron chi connectivity index (χ3n) is 3.90. The molecule has 1 fully saturated rings. The highest BCUT2D eigenvalue weighted by Gasteiger charge is 2.15. The van der Waals surface area contributed by atoms with E-state index in [-0.39, 0.29) is 5.91 Å². The number of nitrogens with zero attached hydrogens (tertiary/aromatic N) is 1. The second-order valence-electron chi connectivity index (χ2n) is 5.52. The van der Waals surface area contributed by atoms with E-state index in [9.17, 15) is 4.79 Å². The number of rotatable bonds is 5. The van der Waals surface area contributed by atoms with Crippen LogP contribution in [0.25, 0.3) is 11.1 Å². The molecule has 1 aromatic heterocycles. The van der Waals surface area contributed by atoms with E-state index >= 15 is 0 Å². The van der Waals surface area contributed by atoms with E-state index in [0.29, 0.717) is 12.5 Å². The van der Waals surface area contributed by atoms with Crippen LogP contribution in [0.3, 0.4) is 0 Å². The highest BCUT2D eigenvalue weighted by atomic mass is 16.3. The molecule has 5 heteroatoms. The Kier molecular flexibility index (Phi) is 4.20. The van der Waals surface area contributed by atoms with Crippen LogP contribution in [-0.2, 0) is 11.2 Å². The van der Waals surface area contributed by atoms with Crippen molar-refractivity contribution in [3.8, 4) is 0 Å². The summed E-state index contributed by atoms with van der Waals surface area (Å²) in [6.45, 7) is 3.08. The Morgan fingerprint density at radius 1 is 1.52 bits per heavy atom. The van der Waals surface area contributed by atoms with E-state index in [4.69, 9.17) is 4.42 Å². The maximum absolute atomic E-state index is 12.0. The molecule has 1 amide bonds. The zero-order chi connectivity index (χ0) is 14.7. The van der Waals surface area contributed by atoms with Crippen LogP contribution in [0.1, 0.15) is 38.5 Å². The standard InChI is InChI=1S/C16H21N3O2/c1-2-16-19-13-10-12(5-7-14(13)21-16)18-15(20)8-6-11-4-3-9-17-11/h5,7,10-11,17H,2-4,6,8-9H2,1H3,(H,18,20). The van der Waals surface area contributed by atoms with E-state index in [2.05, 4.69) is 15.6 Å². The molecular formula is C16H21N3O2. The van der Waals surface area contributed by atoms with Crippen molar-refractivity contribution in [2.45, 2.75) is 45.1 Å².